The van der Waals surface area contributed by atoms with Crippen LogP contribution in [-0.2, 0) is 0 Å². The summed E-state index contributed by atoms with van der Waals surface area (Å²) in [6, 6.07) is 13.5. The summed E-state index contributed by atoms with van der Waals surface area (Å²) in [6.45, 7) is 7.78. The molecular formula is C20H23N3O3. The zero-order chi connectivity index (χ0) is 18.9. The van der Waals surface area contributed by atoms with Gasteiger partial charge in [0.2, 0.25) is 0 Å². The van der Waals surface area contributed by atoms with Gasteiger partial charge >= 0.3 is 6.03 Å². The van der Waals surface area contributed by atoms with Gasteiger partial charge in [-0.15, -0.1) is 0 Å². The second-order valence-electron chi connectivity index (χ2n) is 5.91. The van der Waals surface area contributed by atoms with Crippen LogP contribution in [-0.4, -0.2) is 24.6 Å². The molecule has 0 aromatic heterocycles. The number of nitrogens with one attached hydrogen (secondary N) is 3. The highest BCUT2D eigenvalue weighted by molar-refractivity contribution is 6.04. The molecule has 3 N–H and O–H groups in total. The van der Waals surface area contributed by atoms with Crippen molar-refractivity contribution in [1.29, 1.82) is 0 Å². The Bertz CT molecular complexity index is 753. The summed E-state index contributed by atoms with van der Waals surface area (Å²) in [7, 11) is 0. The Morgan fingerprint density at radius 3 is 2.12 bits per heavy atom. The monoisotopic (exact) mass is 353 g/mol. The summed E-state index contributed by atoms with van der Waals surface area (Å²) < 4.78 is 5.39. The number of ether oxygens (including phenoxy) is 1. The van der Waals surface area contributed by atoms with Gasteiger partial charge in [0.25, 0.3) is 5.91 Å². The minimum Gasteiger partial charge on any atom is -0.490 e. The summed E-state index contributed by atoms with van der Waals surface area (Å²) in [5.74, 6) is 0.454. The highest BCUT2D eigenvalue weighted by Crippen LogP contribution is 2.16. The van der Waals surface area contributed by atoms with Crippen molar-refractivity contribution < 1.29 is 14.3 Å². The molecule has 2 aromatic rings. The van der Waals surface area contributed by atoms with E-state index < -0.39 is 0 Å². The van der Waals surface area contributed by atoms with Crippen LogP contribution in [0.1, 0.15) is 24.2 Å². The first-order valence-corrected chi connectivity index (χ1v) is 8.30. The zero-order valence-electron chi connectivity index (χ0n) is 14.9. The van der Waals surface area contributed by atoms with E-state index in [0.717, 1.165) is 0 Å². The smallest absolute Gasteiger partial charge is 0.319 e. The second-order valence-corrected chi connectivity index (χ2v) is 5.91. The summed E-state index contributed by atoms with van der Waals surface area (Å²) in [4.78, 5) is 23.9. The number of urea groups is 1. The molecule has 2 rings (SSSR count). The Labute approximate surface area is 153 Å². The average molecular weight is 353 g/mol. The molecule has 0 saturated heterocycles. The van der Waals surface area contributed by atoms with Crippen molar-refractivity contribution in [2.75, 3.05) is 17.2 Å². The Hall–Kier alpha value is -3.28. The number of hydrogen-bond acceptors (Lipinski definition) is 3. The number of rotatable bonds is 7. The van der Waals surface area contributed by atoms with Crippen LogP contribution in [0.25, 0.3) is 0 Å². The SMILES string of the molecule is C=CCOc1ccc(C(=O)Nc2ccc(NC(=O)NC(C)C)cc2)cc1. The maximum Gasteiger partial charge on any atom is 0.319 e. The molecule has 0 saturated carbocycles. The molecule has 0 spiro atoms. The van der Waals surface area contributed by atoms with Crippen LogP contribution in [0.3, 0.4) is 0 Å². The van der Waals surface area contributed by atoms with Gasteiger partial charge in [-0.25, -0.2) is 4.79 Å². The van der Waals surface area contributed by atoms with Crippen LogP contribution < -0.4 is 20.7 Å². The molecule has 0 aliphatic carbocycles. The summed E-state index contributed by atoms with van der Waals surface area (Å²) >= 11 is 0. The topological polar surface area (TPSA) is 79.5 Å². The van der Waals surface area contributed by atoms with E-state index in [0.29, 0.717) is 29.3 Å². The van der Waals surface area contributed by atoms with E-state index in [9.17, 15) is 9.59 Å². The Balaban J connectivity index is 1.92. The lowest BCUT2D eigenvalue weighted by Crippen LogP contribution is -2.34. The number of carbonyl (C=O) groups excluding carboxylic acids is 2. The quantitative estimate of drug-likeness (QED) is 0.658. The molecule has 136 valence electrons. The number of amides is 3. The fraction of sp³-hybridized carbons (Fsp3) is 0.200. The van der Waals surface area contributed by atoms with E-state index in [2.05, 4.69) is 22.5 Å². The van der Waals surface area contributed by atoms with E-state index in [1.54, 1.807) is 54.6 Å². The number of anilines is 2. The fourth-order valence-corrected chi connectivity index (χ4v) is 2.13. The van der Waals surface area contributed by atoms with Crippen LogP contribution >= 0.6 is 0 Å². The predicted octanol–water partition coefficient (Wildman–Crippen LogP) is 4.03. The third-order valence-corrected chi connectivity index (χ3v) is 3.30. The highest BCUT2D eigenvalue weighted by Gasteiger charge is 2.07. The van der Waals surface area contributed by atoms with Crippen LogP contribution in [0.15, 0.2) is 61.2 Å². The molecule has 2 aromatic carbocycles. The van der Waals surface area contributed by atoms with E-state index in [4.69, 9.17) is 4.74 Å². The minimum atomic E-state index is -0.268. The van der Waals surface area contributed by atoms with E-state index in [-0.39, 0.29) is 18.0 Å². The molecule has 0 fully saturated rings. The van der Waals surface area contributed by atoms with Crippen molar-refractivity contribution in [3.8, 4) is 5.75 Å². The lowest BCUT2D eigenvalue weighted by atomic mass is 10.2. The van der Waals surface area contributed by atoms with Gasteiger partial charge in [0.15, 0.2) is 0 Å². The molecule has 0 bridgehead atoms. The molecule has 3 amide bonds. The molecule has 26 heavy (non-hydrogen) atoms. The summed E-state index contributed by atoms with van der Waals surface area (Å²) in [5.41, 5.74) is 1.80. The van der Waals surface area contributed by atoms with E-state index >= 15 is 0 Å². The van der Waals surface area contributed by atoms with Gasteiger partial charge in [-0.3, -0.25) is 4.79 Å². The van der Waals surface area contributed by atoms with Crippen molar-refractivity contribution in [3.63, 3.8) is 0 Å². The van der Waals surface area contributed by atoms with Gasteiger partial charge < -0.3 is 20.7 Å². The maximum atomic E-state index is 12.3. The molecule has 0 aliphatic heterocycles. The Morgan fingerprint density at radius 2 is 1.58 bits per heavy atom. The molecule has 0 aliphatic rings. The Kier molecular flexibility index (Phi) is 6.79. The van der Waals surface area contributed by atoms with E-state index in [1.165, 1.54) is 0 Å². The average Bonchev–Trinajstić information content (AvgIpc) is 2.61. The summed E-state index contributed by atoms with van der Waals surface area (Å²) in [6.07, 6.45) is 1.66. The van der Waals surface area contributed by atoms with Crippen molar-refractivity contribution in [2.24, 2.45) is 0 Å². The number of carbonyl (C=O) groups is 2. The second kappa shape index (κ2) is 9.27. The van der Waals surface area contributed by atoms with Crippen molar-refractivity contribution >= 4 is 23.3 Å². The molecule has 6 nitrogen and oxygen atoms in total. The van der Waals surface area contributed by atoms with Gasteiger partial charge in [0.05, 0.1) is 0 Å². The third kappa shape index (κ3) is 5.98. The first-order chi connectivity index (χ1) is 12.5. The zero-order valence-corrected chi connectivity index (χ0v) is 14.9. The Morgan fingerprint density at radius 1 is 1.00 bits per heavy atom. The molecule has 0 radical (unpaired) electrons. The van der Waals surface area contributed by atoms with Gasteiger partial charge in [-0.1, -0.05) is 12.7 Å². The fourth-order valence-electron chi connectivity index (χ4n) is 2.13. The predicted molar refractivity (Wildman–Crippen MR) is 104 cm³/mol. The van der Waals surface area contributed by atoms with Gasteiger partial charge in [0.1, 0.15) is 12.4 Å². The number of benzene rings is 2. The molecule has 0 atom stereocenters. The first-order valence-electron chi connectivity index (χ1n) is 8.30. The minimum absolute atomic E-state index is 0.0575. The van der Waals surface area contributed by atoms with Crippen molar-refractivity contribution in [3.05, 3.63) is 66.7 Å². The van der Waals surface area contributed by atoms with Crippen LogP contribution in [0.4, 0.5) is 16.2 Å². The van der Waals surface area contributed by atoms with Crippen LogP contribution in [0.5, 0.6) is 5.75 Å². The standard InChI is InChI=1S/C20H23N3O3/c1-4-13-26-18-11-5-15(6-12-18)19(24)22-16-7-9-17(10-8-16)23-20(25)21-14(2)3/h4-12,14H,1,13H2,2-3H3,(H,22,24)(H2,21,23,25). The maximum absolute atomic E-state index is 12.3. The van der Waals surface area contributed by atoms with Crippen molar-refractivity contribution in [2.45, 2.75) is 19.9 Å². The molecular weight excluding hydrogens is 330 g/mol. The normalized spacial score (nSPS) is 10.1. The largest absolute Gasteiger partial charge is 0.490 e. The van der Waals surface area contributed by atoms with Gasteiger partial charge in [0, 0.05) is 23.0 Å². The third-order valence-electron chi connectivity index (χ3n) is 3.30. The molecule has 0 unspecified atom stereocenters. The van der Waals surface area contributed by atoms with Crippen LogP contribution in [0.2, 0.25) is 0 Å². The molecule has 6 heteroatoms. The molecule has 0 heterocycles. The number of hydrogen-bond donors (Lipinski definition) is 3. The van der Waals surface area contributed by atoms with Crippen LogP contribution in [0, 0.1) is 0 Å². The lowest BCUT2D eigenvalue weighted by Gasteiger charge is -2.11. The first kappa shape index (κ1) is 19.1. The van der Waals surface area contributed by atoms with Gasteiger partial charge in [-0.05, 0) is 62.4 Å². The van der Waals surface area contributed by atoms with E-state index in [1.807, 2.05) is 13.8 Å². The van der Waals surface area contributed by atoms with Gasteiger partial charge in [-0.2, -0.15) is 0 Å². The highest BCUT2D eigenvalue weighted by atomic mass is 16.5. The summed E-state index contributed by atoms with van der Waals surface area (Å²) in [5, 5.41) is 8.28. The lowest BCUT2D eigenvalue weighted by molar-refractivity contribution is 0.102. The van der Waals surface area contributed by atoms with Crippen molar-refractivity contribution in [1.82, 2.24) is 5.32 Å².